The van der Waals surface area contributed by atoms with Gasteiger partial charge < -0.3 is 25.2 Å². The second-order valence-electron chi connectivity index (χ2n) is 5.27. The van der Waals surface area contributed by atoms with Crippen LogP contribution in [0.5, 0.6) is 11.5 Å². The Hall–Kier alpha value is -3.55. The number of esters is 1. The van der Waals surface area contributed by atoms with Crippen molar-refractivity contribution in [3.8, 4) is 11.5 Å². The van der Waals surface area contributed by atoms with Gasteiger partial charge in [0.15, 0.2) is 6.61 Å². The predicted octanol–water partition coefficient (Wildman–Crippen LogP) is 2.15. The number of carbonyl (C=O) groups excluding carboxylic acids is 3. The summed E-state index contributed by atoms with van der Waals surface area (Å²) >= 11 is 0. The molecule has 2 rings (SSSR count). The van der Waals surface area contributed by atoms with Crippen molar-refractivity contribution in [3.63, 3.8) is 0 Å². The zero-order valence-electron chi connectivity index (χ0n) is 14.2. The number of hydrogen-bond acceptors (Lipinski definition) is 6. The van der Waals surface area contributed by atoms with Crippen molar-refractivity contribution in [2.45, 2.75) is 6.92 Å². The number of phenols is 1. The van der Waals surface area contributed by atoms with Crippen LogP contribution in [0.25, 0.3) is 0 Å². The first-order chi connectivity index (χ1) is 12.4. The number of amides is 2. The molecule has 2 amide bonds. The summed E-state index contributed by atoms with van der Waals surface area (Å²) in [5.74, 6) is -1.49. The van der Waals surface area contributed by atoms with Crippen LogP contribution in [0.2, 0.25) is 0 Å². The SMILES string of the molecule is COc1ccc(C(=O)OCC(=O)Nc2ccc(NC(C)=O)cc2)c(O)c1. The molecular weight excluding hydrogens is 340 g/mol. The fraction of sp³-hybridized carbons (Fsp3) is 0.167. The van der Waals surface area contributed by atoms with Gasteiger partial charge >= 0.3 is 5.97 Å². The molecule has 0 fully saturated rings. The summed E-state index contributed by atoms with van der Waals surface area (Å²) < 4.78 is 9.81. The molecule has 26 heavy (non-hydrogen) atoms. The highest BCUT2D eigenvalue weighted by Gasteiger charge is 2.15. The normalized spacial score (nSPS) is 9.92. The molecular formula is C18H18N2O6. The molecule has 0 unspecified atom stereocenters. The number of methoxy groups -OCH3 is 1. The van der Waals surface area contributed by atoms with Crippen molar-refractivity contribution in [1.82, 2.24) is 0 Å². The number of phenolic OH excluding ortho intramolecular Hbond substituents is 1. The van der Waals surface area contributed by atoms with Crippen LogP contribution in [0, 0.1) is 0 Å². The number of anilines is 2. The Morgan fingerprint density at radius 1 is 1.00 bits per heavy atom. The number of aromatic hydroxyl groups is 1. The van der Waals surface area contributed by atoms with Gasteiger partial charge in [-0.25, -0.2) is 4.79 Å². The third-order valence-corrected chi connectivity index (χ3v) is 3.25. The molecule has 0 heterocycles. The lowest BCUT2D eigenvalue weighted by molar-refractivity contribution is -0.119. The highest BCUT2D eigenvalue weighted by molar-refractivity contribution is 5.97. The minimum Gasteiger partial charge on any atom is -0.507 e. The summed E-state index contributed by atoms with van der Waals surface area (Å²) in [4.78, 5) is 34.7. The molecule has 2 aromatic rings. The molecule has 0 aliphatic carbocycles. The van der Waals surface area contributed by atoms with Crippen LogP contribution in [-0.2, 0) is 14.3 Å². The monoisotopic (exact) mass is 358 g/mol. The number of carbonyl (C=O) groups is 3. The van der Waals surface area contributed by atoms with Crippen molar-refractivity contribution in [2.75, 3.05) is 24.4 Å². The molecule has 0 radical (unpaired) electrons. The summed E-state index contributed by atoms with van der Waals surface area (Å²) in [6.45, 7) is 0.877. The molecule has 8 heteroatoms. The zero-order valence-corrected chi connectivity index (χ0v) is 14.2. The van der Waals surface area contributed by atoms with Crippen LogP contribution in [0.1, 0.15) is 17.3 Å². The molecule has 2 aromatic carbocycles. The van der Waals surface area contributed by atoms with Crippen LogP contribution in [0.4, 0.5) is 11.4 Å². The van der Waals surface area contributed by atoms with Crippen LogP contribution < -0.4 is 15.4 Å². The lowest BCUT2D eigenvalue weighted by Gasteiger charge is -2.09. The molecule has 0 bridgehead atoms. The molecule has 0 saturated carbocycles. The Kier molecular flexibility index (Phi) is 6.15. The van der Waals surface area contributed by atoms with E-state index in [0.717, 1.165) is 0 Å². The molecule has 0 aliphatic rings. The van der Waals surface area contributed by atoms with Gasteiger partial charge in [-0.1, -0.05) is 0 Å². The minimum atomic E-state index is -0.832. The first-order valence-corrected chi connectivity index (χ1v) is 7.60. The number of ether oxygens (including phenoxy) is 2. The summed E-state index contributed by atoms with van der Waals surface area (Å²) in [5.41, 5.74) is 1.00. The molecule has 8 nitrogen and oxygen atoms in total. The fourth-order valence-electron chi connectivity index (χ4n) is 2.06. The maximum atomic E-state index is 11.9. The van der Waals surface area contributed by atoms with Crippen molar-refractivity contribution in [3.05, 3.63) is 48.0 Å². The molecule has 0 spiro atoms. The second-order valence-corrected chi connectivity index (χ2v) is 5.27. The van der Waals surface area contributed by atoms with Crippen molar-refractivity contribution in [1.29, 1.82) is 0 Å². The van der Waals surface area contributed by atoms with Gasteiger partial charge in [-0.2, -0.15) is 0 Å². The third-order valence-electron chi connectivity index (χ3n) is 3.25. The van der Waals surface area contributed by atoms with E-state index >= 15 is 0 Å². The first kappa shape index (κ1) is 18.8. The average molecular weight is 358 g/mol. The van der Waals surface area contributed by atoms with E-state index in [4.69, 9.17) is 9.47 Å². The Labute approximate surface area is 149 Å². The topological polar surface area (TPSA) is 114 Å². The van der Waals surface area contributed by atoms with E-state index in [1.54, 1.807) is 24.3 Å². The van der Waals surface area contributed by atoms with Gasteiger partial charge in [0.1, 0.15) is 17.1 Å². The Morgan fingerprint density at radius 2 is 1.62 bits per heavy atom. The van der Waals surface area contributed by atoms with Crippen LogP contribution in [0.15, 0.2) is 42.5 Å². The van der Waals surface area contributed by atoms with E-state index in [-0.39, 0.29) is 17.2 Å². The van der Waals surface area contributed by atoms with Crippen molar-refractivity contribution >= 4 is 29.2 Å². The lowest BCUT2D eigenvalue weighted by atomic mass is 10.2. The molecule has 0 aliphatic heterocycles. The maximum Gasteiger partial charge on any atom is 0.342 e. The van der Waals surface area contributed by atoms with Gasteiger partial charge in [0.2, 0.25) is 5.91 Å². The van der Waals surface area contributed by atoms with E-state index in [1.807, 2.05) is 0 Å². The maximum absolute atomic E-state index is 11.9. The quantitative estimate of drug-likeness (QED) is 0.682. The van der Waals surface area contributed by atoms with E-state index in [1.165, 1.54) is 32.2 Å². The first-order valence-electron chi connectivity index (χ1n) is 7.60. The molecule has 0 aromatic heterocycles. The molecule has 0 atom stereocenters. The largest absolute Gasteiger partial charge is 0.507 e. The highest BCUT2D eigenvalue weighted by atomic mass is 16.5. The second kappa shape index (κ2) is 8.52. The van der Waals surface area contributed by atoms with Gasteiger partial charge in [0, 0.05) is 24.4 Å². The number of rotatable bonds is 6. The van der Waals surface area contributed by atoms with Crippen LogP contribution in [0.3, 0.4) is 0 Å². The van der Waals surface area contributed by atoms with E-state index < -0.39 is 18.5 Å². The zero-order chi connectivity index (χ0) is 19.1. The van der Waals surface area contributed by atoms with Gasteiger partial charge in [-0.3, -0.25) is 9.59 Å². The standard InChI is InChI=1S/C18H18N2O6/c1-11(21)19-12-3-5-13(6-4-12)20-17(23)10-26-18(24)15-8-7-14(25-2)9-16(15)22/h3-9,22H,10H2,1-2H3,(H,19,21)(H,20,23). The average Bonchev–Trinajstić information content (AvgIpc) is 2.60. The van der Waals surface area contributed by atoms with Gasteiger partial charge in [0.25, 0.3) is 5.91 Å². The van der Waals surface area contributed by atoms with Gasteiger partial charge in [0.05, 0.1) is 7.11 Å². The summed E-state index contributed by atoms with van der Waals surface area (Å²) in [7, 11) is 1.43. The Morgan fingerprint density at radius 3 is 2.15 bits per heavy atom. The van der Waals surface area contributed by atoms with Crippen molar-refractivity contribution < 1.29 is 29.0 Å². The number of benzene rings is 2. The smallest absolute Gasteiger partial charge is 0.342 e. The number of hydrogen-bond donors (Lipinski definition) is 3. The Bertz CT molecular complexity index is 817. The van der Waals surface area contributed by atoms with Gasteiger partial charge in [-0.15, -0.1) is 0 Å². The van der Waals surface area contributed by atoms with E-state index in [0.29, 0.717) is 17.1 Å². The fourth-order valence-corrected chi connectivity index (χ4v) is 2.06. The minimum absolute atomic E-state index is 0.0711. The molecule has 0 saturated heterocycles. The van der Waals surface area contributed by atoms with Crippen molar-refractivity contribution in [2.24, 2.45) is 0 Å². The lowest BCUT2D eigenvalue weighted by Crippen LogP contribution is -2.21. The Balaban J connectivity index is 1.88. The van der Waals surface area contributed by atoms with Gasteiger partial charge in [-0.05, 0) is 36.4 Å². The van der Waals surface area contributed by atoms with Crippen LogP contribution in [-0.4, -0.2) is 36.6 Å². The summed E-state index contributed by atoms with van der Waals surface area (Å²) in [6.07, 6.45) is 0. The summed E-state index contributed by atoms with van der Waals surface area (Å²) in [5, 5.41) is 14.9. The third kappa shape index (κ3) is 5.23. The molecule has 136 valence electrons. The van der Waals surface area contributed by atoms with Crippen LogP contribution >= 0.6 is 0 Å². The summed E-state index contributed by atoms with van der Waals surface area (Å²) in [6, 6.07) is 10.5. The number of nitrogens with one attached hydrogen (secondary N) is 2. The highest BCUT2D eigenvalue weighted by Crippen LogP contribution is 2.24. The van der Waals surface area contributed by atoms with E-state index in [9.17, 15) is 19.5 Å². The molecule has 3 N–H and O–H groups in total. The van der Waals surface area contributed by atoms with E-state index in [2.05, 4.69) is 10.6 Å². The predicted molar refractivity (Wildman–Crippen MR) is 94.3 cm³/mol.